The maximum atomic E-state index is 14.1. The van der Waals surface area contributed by atoms with E-state index < -0.39 is 23.6 Å². The van der Waals surface area contributed by atoms with Gasteiger partial charge in [-0.3, -0.25) is 4.79 Å². The molecule has 4 unspecified atom stereocenters. The summed E-state index contributed by atoms with van der Waals surface area (Å²) in [4.78, 5) is 14.1. The Morgan fingerprint density at radius 3 is 2.45 bits per heavy atom. The van der Waals surface area contributed by atoms with Crippen LogP contribution in [0, 0.1) is 11.8 Å². The third kappa shape index (κ3) is 6.63. The van der Waals surface area contributed by atoms with Gasteiger partial charge in [0.15, 0.2) is 5.79 Å². The van der Waals surface area contributed by atoms with Crippen LogP contribution in [0.4, 0.5) is 0 Å². The first-order valence-electron chi connectivity index (χ1n) is 20.6. The Bertz CT molecular complexity index is 1430. The first-order valence-corrected chi connectivity index (χ1v) is 20.6. The summed E-state index contributed by atoms with van der Waals surface area (Å²) < 4.78 is 60.6. The van der Waals surface area contributed by atoms with Gasteiger partial charge >= 0.3 is 0 Å². The Kier molecular flexibility index (Phi) is 10.0. The van der Waals surface area contributed by atoms with Gasteiger partial charge in [0, 0.05) is 58.1 Å². The van der Waals surface area contributed by atoms with Crippen molar-refractivity contribution in [2.24, 2.45) is 17.6 Å². The summed E-state index contributed by atoms with van der Waals surface area (Å²) >= 11 is 0. The van der Waals surface area contributed by atoms with Crippen LogP contribution >= 0.6 is 0 Å². The molecular formula is C41H61NO11. The van der Waals surface area contributed by atoms with E-state index in [1.54, 1.807) is 7.11 Å². The monoisotopic (exact) mass is 743 g/mol. The molecule has 10 aliphatic rings. The fourth-order valence-corrected chi connectivity index (χ4v) is 11.7. The van der Waals surface area contributed by atoms with E-state index in [4.69, 9.17) is 48.4 Å². The highest BCUT2D eigenvalue weighted by Gasteiger charge is 2.73. The second-order valence-electron chi connectivity index (χ2n) is 18.0. The minimum absolute atomic E-state index is 0.0214. The lowest BCUT2D eigenvalue weighted by atomic mass is 9.79. The molecule has 3 N–H and O–H groups in total. The molecule has 0 aromatic carbocycles. The summed E-state index contributed by atoms with van der Waals surface area (Å²) in [5, 5.41) is 10.6. The average Bonchev–Trinajstić information content (AvgIpc) is 3.79. The molecule has 1 spiro atoms. The molecule has 10 heterocycles. The number of rotatable bonds is 4. The normalized spacial score (nSPS) is 53.0. The van der Waals surface area contributed by atoms with Crippen LogP contribution in [0.15, 0.2) is 24.3 Å². The summed E-state index contributed by atoms with van der Waals surface area (Å²) in [5.74, 6) is -0.654. The van der Waals surface area contributed by atoms with E-state index in [9.17, 15) is 9.90 Å². The van der Waals surface area contributed by atoms with Gasteiger partial charge < -0.3 is 53.5 Å². The number of methoxy groups -OCH3 is 1. The van der Waals surface area contributed by atoms with Crippen LogP contribution in [0.5, 0.6) is 0 Å². The molecule has 10 aliphatic heterocycles. The summed E-state index contributed by atoms with van der Waals surface area (Å²) in [7, 11) is 1.66. The number of aliphatic hydroxyl groups is 1. The first-order chi connectivity index (χ1) is 25.5. The van der Waals surface area contributed by atoms with E-state index in [2.05, 4.69) is 27.0 Å². The number of Topliss-reactive ketones (excluding diaryl/α,β-unsaturated/α-hetero) is 1. The first kappa shape index (κ1) is 37.3. The van der Waals surface area contributed by atoms with Crippen molar-refractivity contribution in [3.8, 4) is 0 Å². The minimum Gasteiger partial charge on any atom is -0.392 e. The number of carbonyl (C=O) groups excluding carboxylic acids is 1. The maximum absolute atomic E-state index is 14.1. The van der Waals surface area contributed by atoms with Crippen LogP contribution in [0.3, 0.4) is 0 Å². The van der Waals surface area contributed by atoms with Crippen LogP contribution in [-0.4, -0.2) is 127 Å². The number of carbonyl (C=O) groups is 1. The Morgan fingerprint density at radius 2 is 1.64 bits per heavy atom. The molecule has 19 atom stereocenters. The average molecular weight is 744 g/mol. The van der Waals surface area contributed by atoms with Gasteiger partial charge in [-0.05, 0) is 68.9 Å². The molecule has 10 saturated heterocycles. The molecule has 10 rings (SSSR count). The second-order valence-corrected chi connectivity index (χ2v) is 18.0. The predicted molar refractivity (Wildman–Crippen MR) is 191 cm³/mol. The number of nitrogens with two attached hydrogens (primary N) is 1. The van der Waals surface area contributed by atoms with E-state index in [0.717, 1.165) is 49.7 Å². The van der Waals surface area contributed by atoms with E-state index in [1.807, 2.05) is 0 Å². The molecule has 0 amide bonds. The topological polar surface area (TPSA) is 146 Å². The van der Waals surface area contributed by atoms with Gasteiger partial charge in [0.25, 0.3) is 0 Å². The number of ketones is 1. The Labute approximate surface area is 313 Å². The van der Waals surface area contributed by atoms with Crippen molar-refractivity contribution in [1.82, 2.24) is 0 Å². The molecule has 12 nitrogen and oxygen atoms in total. The van der Waals surface area contributed by atoms with E-state index in [0.29, 0.717) is 32.1 Å². The Hall–Kier alpha value is -1.29. The quantitative estimate of drug-likeness (QED) is 0.404. The molecule has 12 bridgehead atoms. The van der Waals surface area contributed by atoms with Crippen molar-refractivity contribution >= 4 is 5.78 Å². The van der Waals surface area contributed by atoms with Crippen molar-refractivity contribution in [3.63, 3.8) is 0 Å². The zero-order chi connectivity index (χ0) is 36.8. The smallest absolute Gasteiger partial charge is 0.172 e. The Morgan fingerprint density at radius 1 is 0.849 bits per heavy atom. The standard InChI is InChI=1S/C41H61NO11/c1-20-12-25-6-8-29-21(2)13-27(46-29)10-11-41-18-34-38(53-41)40(4)39(50-34)37(52-41)36-30(51-40)9-7-26(48-36)14-23(43)15-28-32(17-31(47-25)22(20)3)49-33(35(28)45-5)16-24(44)19-42/h20,24-39,44H,2-3,6-19,42H2,1,4-5H3/t20-,24?,25+,26-,27+,28?,29+,30+,31-,32?,33-,34-,35-,36+,37+,38?,39+,40+,41-/m1/s1. The summed E-state index contributed by atoms with van der Waals surface area (Å²) in [6.45, 7) is 13.4. The van der Waals surface area contributed by atoms with Crippen LogP contribution in [0.2, 0.25) is 0 Å². The highest BCUT2D eigenvalue weighted by atomic mass is 16.8. The second kappa shape index (κ2) is 14.3. The third-order valence-corrected chi connectivity index (χ3v) is 14.5. The largest absolute Gasteiger partial charge is 0.392 e. The third-order valence-electron chi connectivity index (χ3n) is 14.5. The van der Waals surface area contributed by atoms with E-state index >= 15 is 0 Å². The van der Waals surface area contributed by atoms with Gasteiger partial charge in [0.2, 0.25) is 0 Å². The van der Waals surface area contributed by atoms with Gasteiger partial charge in [0.1, 0.15) is 35.8 Å². The lowest BCUT2D eigenvalue weighted by molar-refractivity contribution is -0.301. The van der Waals surface area contributed by atoms with Crippen molar-refractivity contribution < 1.29 is 52.5 Å². The fourth-order valence-electron chi connectivity index (χ4n) is 11.7. The lowest BCUT2D eigenvalue weighted by Crippen LogP contribution is -2.66. The molecule has 0 saturated carbocycles. The summed E-state index contributed by atoms with van der Waals surface area (Å²) in [6.07, 6.45) is 4.68. The highest BCUT2D eigenvalue weighted by molar-refractivity contribution is 5.79. The van der Waals surface area contributed by atoms with Crippen molar-refractivity contribution in [2.75, 3.05) is 13.7 Å². The molecule has 296 valence electrons. The zero-order valence-corrected chi connectivity index (χ0v) is 31.7. The molecule has 0 aromatic rings. The van der Waals surface area contributed by atoms with Gasteiger partial charge in [-0.1, -0.05) is 20.1 Å². The lowest BCUT2D eigenvalue weighted by Gasteiger charge is -2.51. The SMILES string of the molecule is C=C1C[C@@H]2CC[C@@]34C[C@H]5O[C@H]6[C@@H](O3)[C@H]3O[C@H](CC[C@@H]3O[C@@]6(C)C5O4)CC(=O)CC3C(C[C@H]4O[C@@H](CC[C@@H]1O2)C[C@@H](C)C4=C)O[C@H](CC(O)CN)[C@@H]3OC. The van der Waals surface area contributed by atoms with Crippen LogP contribution in [-0.2, 0) is 47.4 Å². The maximum Gasteiger partial charge on any atom is 0.172 e. The summed E-state index contributed by atoms with van der Waals surface area (Å²) in [5.41, 5.74) is 7.39. The number of fused-ring (bicyclic) bond motifs is 6. The van der Waals surface area contributed by atoms with Crippen molar-refractivity contribution in [1.29, 1.82) is 0 Å². The number of hydrogen-bond acceptors (Lipinski definition) is 12. The number of hydrogen-bond donors (Lipinski definition) is 2. The molecule has 12 heteroatoms. The predicted octanol–water partition coefficient (Wildman–Crippen LogP) is 3.83. The molecule has 53 heavy (non-hydrogen) atoms. The van der Waals surface area contributed by atoms with Crippen LogP contribution < -0.4 is 5.73 Å². The molecule has 0 radical (unpaired) electrons. The minimum atomic E-state index is -0.805. The fraction of sp³-hybridized carbons (Fsp3) is 0.878. The number of ether oxygens (including phenoxy) is 9. The van der Waals surface area contributed by atoms with Gasteiger partial charge in [-0.15, -0.1) is 0 Å². The van der Waals surface area contributed by atoms with Crippen molar-refractivity contribution in [3.05, 3.63) is 24.3 Å². The van der Waals surface area contributed by atoms with Gasteiger partial charge in [0.05, 0.1) is 67.1 Å². The summed E-state index contributed by atoms with van der Waals surface area (Å²) in [6, 6.07) is 0. The Balaban J connectivity index is 1.00. The highest BCUT2D eigenvalue weighted by Crippen LogP contribution is 2.58. The molecule has 10 fully saturated rings. The van der Waals surface area contributed by atoms with Crippen LogP contribution in [0.25, 0.3) is 0 Å². The van der Waals surface area contributed by atoms with E-state index in [-0.39, 0.29) is 116 Å². The number of aliphatic hydroxyl groups excluding tert-OH is 1. The van der Waals surface area contributed by atoms with Gasteiger partial charge in [-0.25, -0.2) is 0 Å². The van der Waals surface area contributed by atoms with E-state index in [1.165, 1.54) is 0 Å². The van der Waals surface area contributed by atoms with Crippen LogP contribution in [0.1, 0.15) is 97.3 Å². The molecule has 0 aliphatic carbocycles. The van der Waals surface area contributed by atoms with Gasteiger partial charge in [-0.2, -0.15) is 0 Å². The zero-order valence-electron chi connectivity index (χ0n) is 31.7. The molecular weight excluding hydrogens is 682 g/mol. The molecule has 0 aromatic heterocycles. The van der Waals surface area contributed by atoms with Crippen molar-refractivity contribution in [2.45, 2.75) is 200 Å².